The predicted molar refractivity (Wildman–Crippen MR) is 141 cm³/mol. The molecule has 3 N–H and O–H groups in total. The Morgan fingerprint density at radius 3 is 2.70 bits per heavy atom. The van der Waals surface area contributed by atoms with Crippen molar-refractivity contribution in [3.05, 3.63) is 87.9 Å². The fourth-order valence-electron chi connectivity index (χ4n) is 4.46. The van der Waals surface area contributed by atoms with E-state index in [1.165, 1.54) is 4.52 Å². The summed E-state index contributed by atoms with van der Waals surface area (Å²) in [4.78, 5) is 31.3. The molecule has 0 saturated heterocycles. The van der Waals surface area contributed by atoms with Gasteiger partial charge in [0.2, 0.25) is 0 Å². The highest BCUT2D eigenvalue weighted by Gasteiger charge is 2.24. The molecular weight excluding hydrogens is 468 g/mol. The van der Waals surface area contributed by atoms with E-state index in [1.807, 2.05) is 58.3 Å². The van der Waals surface area contributed by atoms with Crippen LogP contribution in [0.5, 0.6) is 0 Å². The molecule has 5 rings (SSSR count). The monoisotopic (exact) mass is 494 g/mol. The van der Waals surface area contributed by atoms with Gasteiger partial charge in [-0.3, -0.25) is 14.3 Å². The molecule has 0 aliphatic heterocycles. The van der Waals surface area contributed by atoms with Crippen LogP contribution in [0.2, 0.25) is 0 Å². The Hall–Kier alpha value is -4.91. The third-order valence-corrected chi connectivity index (χ3v) is 6.11. The fraction of sp³-hybridized carbons (Fsp3) is 0.222. The van der Waals surface area contributed by atoms with E-state index in [0.29, 0.717) is 22.3 Å². The summed E-state index contributed by atoms with van der Waals surface area (Å²) < 4.78 is 4.83. The molecular formula is C27H26N8O2. The average molecular weight is 495 g/mol. The van der Waals surface area contributed by atoms with Gasteiger partial charge in [0.25, 0.3) is 11.5 Å². The summed E-state index contributed by atoms with van der Waals surface area (Å²) in [6, 6.07) is 8.55. The number of nitrogens with one attached hydrogen (secondary N) is 1. The molecule has 0 radical (unpaired) electrons. The number of hydrogen-bond acceptors (Lipinski definition) is 6. The number of carbonyl (C=O) groups excluding carboxylic acids is 1. The Balaban J connectivity index is 1.57. The zero-order valence-electron chi connectivity index (χ0n) is 20.9. The number of benzene rings is 1. The molecule has 5 aromatic rings. The van der Waals surface area contributed by atoms with Gasteiger partial charge in [0.15, 0.2) is 11.5 Å². The molecule has 186 valence electrons. The van der Waals surface area contributed by atoms with Crippen LogP contribution in [0.25, 0.3) is 16.4 Å². The molecule has 1 aromatic carbocycles. The zero-order chi connectivity index (χ0) is 26.3. The van der Waals surface area contributed by atoms with Crippen LogP contribution in [0, 0.1) is 11.8 Å². The second-order valence-corrected chi connectivity index (χ2v) is 9.10. The second-order valence-electron chi connectivity index (χ2n) is 9.10. The van der Waals surface area contributed by atoms with Crippen LogP contribution in [0.1, 0.15) is 60.0 Å². The van der Waals surface area contributed by atoms with Crippen molar-refractivity contribution in [1.29, 1.82) is 0 Å². The molecule has 1 unspecified atom stereocenters. The maximum Gasteiger partial charge on any atom is 0.260 e. The van der Waals surface area contributed by atoms with Crippen molar-refractivity contribution in [2.45, 2.75) is 32.9 Å². The fourth-order valence-corrected chi connectivity index (χ4v) is 4.46. The number of anilines is 1. The van der Waals surface area contributed by atoms with Crippen LogP contribution < -0.4 is 16.6 Å². The van der Waals surface area contributed by atoms with Gasteiger partial charge in [-0.1, -0.05) is 24.0 Å². The van der Waals surface area contributed by atoms with Crippen LogP contribution >= 0.6 is 0 Å². The van der Waals surface area contributed by atoms with E-state index < -0.39 is 11.9 Å². The van der Waals surface area contributed by atoms with Crippen LogP contribution in [0.3, 0.4) is 0 Å². The van der Waals surface area contributed by atoms with E-state index in [9.17, 15) is 9.59 Å². The summed E-state index contributed by atoms with van der Waals surface area (Å²) >= 11 is 0. The Bertz CT molecular complexity index is 1780. The van der Waals surface area contributed by atoms with Crippen molar-refractivity contribution in [3.63, 3.8) is 0 Å². The van der Waals surface area contributed by atoms with Crippen molar-refractivity contribution >= 4 is 28.1 Å². The molecule has 0 aliphatic carbocycles. The van der Waals surface area contributed by atoms with E-state index >= 15 is 0 Å². The molecule has 0 saturated carbocycles. The molecule has 1 atom stereocenters. The molecule has 1 amide bonds. The number of nitrogens with zero attached hydrogens (tertiary/aromatic N) is 6. The average Bonchev–Trinajstić information content (AvgIpc) is 3.43. The van der Waals surface area contributed by atoms with Gasteiger partial charge in [0.1, 0.15) is 5.56 Å². The van der Waals surface area contributed by atoms with Gasteiger partial charge in [-0.05, 0) is 44.4 Å². The topological polar surface area (TPSA) is 125 Å². The van der Waals surface area contributed by atoms with Gasteiger partial charge in [-0.2, -0.15) is 5.10 Å². The predicted octanol–water partition coefficient (Wildman–Crippen LogP) is 2.83. The summed E-state index contributed by atoms with van der Waals surface area (Å²) in [5, 5.41) is 12.6. The SMILES string of the molecule is CC(NC(=O)c1c(N)nn2cccnc12)c1cc2cccc(C#Cc3cnn(C)c3)c2c(=O)n1C(C)C. The zero-order valence-corrected chi connectivity index (χ0v) is 20.9. The van der Waals surface area contributed by atoms with E-state index in [2.05, 4.69) is 32.3 Å². The second kappa shape index (κ2) is 9.28. The first-order valence-electron chi connectivity index (χ1n) is 11.8. The summed E-state index contributed by atoms with van der Waals surface area (Å²) in [5.41, 5.74) is 8.48. The third kappa shape index (κ3) is 4.31. The van der Waals surface area contributed by atoms with E-state index in [4.69, 9.17) is 5.73 Å². The highest BCUT2D eigenvalue weighted by atomic mass is 16.2. The number of fused-ring (bicyclic) bond motifs is 2. The van der Waals surface area contributed by atoms with Gasteiger partial charge in [0, 0.05) is 42.9 Å². The summed E-state index contributed by atoms with van der Waals surface area (Å²) in [6.45, 7) is 5.70. The number of hydrogen-bond donors (Lipinski definition) is 2. The largest absolute Gasteiger partial charge is 0.381 e. The van der Waals surface area contributed by atoms with Crippen LogP contribution in [0.4, 0.5) is 5.82 Å². The minimum atomic E-state index is -0.504. The number of nitrogens with two attached hydrogens (primary N) is 1. The van der Waals surface area contributed by atoms with Gasteiger partial charge in [-0.15, -0.1) is 5.10 Å². The lowest BCUT2D eigenvalue weighted by Crippen LogP contribution is -2.34. The maximum absolute atomic E-state index is 13.8. The molecule has 0 bridgehead atoms. The molecule has 0 aliphatic rings. The number of rotatable bonds is 4. The van der Waals surface area contributed by atoms with Gasteiger partial charge < -0.3 is 15.6 Å². The van der Waals surface area contributed by atoms with E-state index in [1.54, 1.807) is 33.9 Å². The van der Waals surface area contributed by atoms with Crippen LogP contribution in [0.15, 0.2) is 59.9 Å². The van der Waals surface area contributed by atoms with Crippen molar-refractivity contribution < 1.29 is 4.79 Å². The minimum absolute atomic E-state index is 0.0833. The van der Waals surface area contributed by atoms with Crippen molar-refractivity contribution in [1.82, 2.24) is 34.3 Å². The molecule has 10 heteroatoms. The maximum atomic E-state index is 13.8. The highest BCUT2D eigenvalue weighted by molar-refractivity contribution is 6.04. The lowest BCUT2D eigenvalue weighted by Gasteiger charge is -2.23. The van der Waals surface area contributed by atoms with E-state index in [-0.39, 0.29) is 23.0 Å². The quantitative estimate of drug-likeness (QED) is 0.370. The number of carbonyl (C=O) groups is 1. The Labute approximate surface area is 212 Å². The molecule has 0 spiro atoms. The summed E-state index contributed by atoms with van der Waals surface area (Å²) in [7, 11) is 1.83. The molecule has 4 heterocycles. The van der Waals surface area contributed by atoms with Crippen molar-refractivity contribution in [2.24, 2.45) is 7.05 Å². The van der Waals surface area contributed by atoms with Crippen molar-refractivity contribution in [2.75, 3.05) is 5.73 Å². The lowest BCUT2D eigenvalue weighted by atomic mass is 10.0. The van der Waals surface area contributed by atoms with Gasteiger partial charge in [0.05, 0.1) is 23.2 Å². The highest BCUT2D eigenvalue weighted by Crippen LogP contribution is 2.24. The number of amides is 1. The first-order valence-corrected chi connectivity index (χ1v) is 11.8. The van der Waals surface area contributed by atoms with Crippen LogP contribution in [-0.2, 0) is 7.05 Å². The third-order valence-electron chi connectivity index (χ3n) is 6.11. The number of aryl methyl sites for hydroxylation is 1. The lowest BCUT2D eigenvalue weighted by molar-refractivity contribution is 0.0940. The summed E-state index contributed by atoms with van der Waals surface area (Å²) in [6.07, 6.45) is 6.75. The van der Waals surface area contributed by atoms with Gasteiger partial charge in [-0.25, -0.2) is 9.50 Å². The Morgan fingerprint density at radius 2 is 1.97 bits per heavy atom. The first-order chi connectivity index (χ1) is 17.7. The molecule has 37 heavy (non-hydrogen) atoms. The van der Waals surface area contributed by atoms with Crippen molar-refractivity contribution in [3.8, 4) is 11.8 Å². The number of pyridine rings is 1. The number of aromatic nitrogens is 6. The Kier molecular flexibility index (Phi) is 5.97. The number of nitrogen functional groups attached to an aromatic ring is 1. The van der Waals surface area contributed by atoms with E-state index in [0.717, 1.165) is 10.9 Å². The first kappa shape index (κ1) is 23.8. The summed E-state index contributed by atoms with van der Waals surface area (Å²) in [5.74, 6) is 5.88. The standard InChI is InChI=1S/C27H26N8O2/c1-16(2)35-21(17(3)31-26(36)23-24(28)32-34-12-6-11-29-25(23)34)13-20-8-5-7-19(22(20)27(35)37)10-9-18-14-30-33(4)15-18/h5-8,11-17H,1-4H3,(H2,28,32)(H,31,36). The smallest absolute Gasteiger partial charge is 0.260 e. The Morgan fingerprint density at radius 1 is 1.16 bits per heavy atom. The molecule has 4 aromatic heterocycles. The molecule has 0 fully saturated rings. The minimum Gasteiger partial charge on any atom is -0.381 e. The van der Waals surface area contributed by atoms with Gasteiger partial charge >= 0.3 is 0 Å². The molecule has 10 nitrogen and oxygen atoms in total. The normalized spacial score (nSPS) is 12.0. The van der Waals surface area contributed by atoms with Crippen LogP contribution in [-0.4, -0.2) is 34.9 Å².